The van der Waals surface area contributed by atoms with Gasteiger partial charge in [0.05, 0.1) is 23.1 Å². The van der Waals surface area contributed by atoms with Crippen molar-refractivity contribution in [2.24, 2.45) is 0 Å². The van der Waals surface area contributed by atoms with Crippen LogP contribution in [0.3, 0.4) is 0 Å². The number of ether oxygens (including phenoxy) is 1. The summed E-state index contributed by atoms with van der Waals surface area (Å²) in [6.07, 6.45) is 0.821. The van der Waals surface area contributed by atoms with E-state index >= 15 is 0 Å². The zero-order chi connectivity index (χ0) is 19.8. The molecular weight excluding hydrogens is 363 g/mol. The van der Waals surface area contributed by atoms with Gasteiger partial charge in [0.15, 0.2) is 6.10 Å². The maximum atomic E-state index is 14.0. The molecule has 1 aromatic heterocycles. The number of amides is 2. The molecule has 0 radical (unpaired) electrons. The lowest BCUT2D eigenvalue weighted by Gasteiger charge is -2.23. The van der Waals surface area contributed by atoms with Gasteiger partial charge < -0.3 is 15.4 Å². The number of benzene rings is 2. The lowest BCUT2D eigenvalue weighted by molar-refractivity contribution is -0.122. The average molecular weight is 380 g/mol. The molecule has 0 fully saturated rings. The topological polar surface area (TPSA) is 85.2 Å². The molecule has 0 saturated carbocycles. The van der Waals surface area contributed by atoms with Crippen LogP contribution in [0.5, 0.6) is 5.75 Å². The molecule has 0 saturated heterocycles. The summed E-state index contributed by atoms with van der Waals surface area (Å²) in [5.74, 6) is -0.539. The number of aromatic nitrogens is 2. The van der Waals surface area contributed by atoms with Crippen molar-refractivity contribution < 1.29 is 18.7 Å². The van der Waals surface area contributed by atoms with Gasteiger partial charge in [0.2, 0.25) is 0 Å². The predicted molar refractivity (Wildman–Crippen MR) is 101 cm³/mol. The zero-order valence-electron chi connectivity index (χ0n) is 15.2. The van der Waals surface area contributed by atoms with Gasteiger partial charge in [-0.25, -0.2) is 9.07 Å². The predicted octanol–water partition coefficient (Wildman–Crippen LogP) is 3.29. The van der Waals surface area contributed by atoms with Crippen LogP contribution in [0.25, 0.3) is 5.69 Å². The summed E-state index contributed by atoms with van der Waals surface area (Å²) >= 11 is 0. The molecule has 8 heteroatoms. The Morgan fingerprint density at radius 3 is 2.86 bits per heavy atom. The fourth-order valence-corrected chi connectivity index (χ4v) is 2.98. The van der Waals surface area contributed by atoms with E-state index in [0.29, 0.717) is 28.4 Å². The van der Waals surface area contributed by atoms with Gasteiger partial charge in [0.25, 0.3) is 11.8 Å². The van der Waals surface area contributed by atoms with Gasteiger partial charge in [-0.15, -0.1) is 0 Å². The zero-order valence-corrected chi connectivity index (χ0v) is 15.2. The average Bonchev–Trinajstić information content (AvgIpc) is 3.05. The Kier molecular flexibility index (Phi) is 4.31. The van der Waals surface area contributed by atoms with Crippen molar-refractivity contribution in [3.8, 4) is 11.4 Å². The molecule has 1 unspecified atom stereocenters. The molecule has 2 N–H and O–H groups in total. The first-order valence-electron chi connectivity index (χ1n) is 8.66. The van der Waals surface area contributed by atoms with Gasteiger partial charge in [0, 0.05) is 5.69 Å². The van der Waals surface area contributed by atoms with Crippen LogP contribution in [0.15, 0.2) is 48.7 Å². The van der Waals surface area contributed by atoms with Crippen LogP contribution in [-0.2, 0) is 4.79 Å². The highest BCUT2D eigenvalue weighted by Crippen LogP contribution is 2.32. The Balaban J connectivity index is 1.58. The minimum absolute atomic E-state index is 0.252. The Bertz CT molecular complexity index is 1090. The standard InChI is InChI=1S/C20H17FN4O3/c1-11-14(10-22-25(11)17-6-4-3-5-15(17)21)20(27)23-13-7-8-18-16(9-13)24-19(26)12(2)28-18/h3-10,12H,1-2H3,(H,23,27)(H,24,26). The van der Waals surface area contributed by atoms with E-state index < -0.39 is 17.8 Å². The molecule has 1 aliphatic heterocycles. The molecule has 142 valence electrons. The fourth-order valence-electron chi connectivity index (χ4n) is 2.98. The maximum Gasteiger partial charge on any atom is 0.265 e. The van der Waals surface area contributed by atoms with Gasteiger partial charge in [-0.2, -0.15) is 5.10 Å². The van der Waals surface area contributed by atoms with Gasteiger partial charge in [-0.3, -0.25) is 9.59 Å². The highest BCUT2D eigenvalue weighted by Gasteiger charge is 2.24. The van der Waals surface area contributed by atoms with E-state index in [9.17, 15) is 14.0 Å². The first kappa shape index (κ1) is 17.7. The van der Waals surface area contributed by atoms with Crippen molar-refractivity contribution in [3.63, 3.8) is 0 Å². The third-order valence-corrected chi connectivity index (χ3v) is 4.50. The maximum absolute atomic E-state index is 14.0. The number of hydrogen-bond acceptors (Lipinski definition) is 4. The Morgan fingerprint density at radius 2 is 2.07 bits per heavy atom. The summed E-state index contributed by atoms with van der Waals surface area (Å²) in [5, 5.41) is 9.63. The number of rotatable bonds is 3. The number of para-hydroxylation sites is 1. The van der Waals surface area contributed by atoms with Crippen molar-refractivity contribution in [3.05, 3.63) is 65.7 Å². The van der Waals surface area contributed by atoms with Crippen molar-refractivity contribution in [2.75, 3.05) is 10.6 Å². The molecule has 2 amide bonds. The fraction of sp³-hybridized carbons (Fsp3) is 0.150. The summed E-state index contributed by atoms with van der Waals surface area (Å²) < 4.78 is 20.9. The van der Waals surface area contributed by atoms with Crippen LogP contribution < -0.4 is 15.4 Å². The highest BCUT2D eigenvalue weighted by molar-refractivity contribution is 6.06. The van der Waals surface area contributed by atoms with Gasteiger partial charge in [-0.1, -0.05) is 12.1 Å². The molecule has 1 atom stereocenters. The van der Waals surface area contributed by atoms with E-state index in [1.165, 1.54) is 16.9 Å². The van der Waals surface area contributed by atoms with Gasteiger partial charge in [0.1, 0.15) is 17.3 Å². The Hall–Kier alpha value is -3.68. The van der Waals surface area contributed by atoms with Crippen molar-refractivity contribution >= 4 is 23.2 Å². The molecule has 0 bridgehead atoms. The highest BCUT2D eigenvalue weighted by atomic mass is 19.1. The number of nitrogens with zero attached hydrogens (tertiary/aromatic N) is 2. The van der Waals surface area contributed by atoms with Crippen molar-refractivity contribution in [1.29, 1.82) is 0 Å². The minimum atomic E-state index is -0.570. The molecule has 3 aromatic rings. The molecule has 1 aliphatic rings. The quantitative estimate of drug-likeness (QED) is 0.730. The molecule has 2 aromatic carbocycles. The Labute approximate surface area is 160 Å². The lowest BCUT2D eigenvalue weighted by atomic mass is 10.2. The third-order valence-electron chi connectivity index (χ3n) is 4.50. The normalized spacial score (nSPS) is 15.4. The number of nitrogens with one attached hydrogen (secondary N) is 2. The van der Waals surface area contributed by atoms with Crippen molar-refractivity contribution in [1.82, 2.24) is 9.78 Å². The number of carbonyl (C=O) groups excluding carboxylic acids is 2. The lowest BCUT2D eigenvalue weighted by Crippen LogP contribution is -2.34. The summed E-state index contributed by atoms with van der Waals surface area (Å²) in [4.78, 5) is 24.4. The van der Waals surface area contributed by atoms with Gasteiger partial charge >= 0.3 is 0 Å². The summed E-state index contributed by atoms with van der Waals surface area (Å²) in [6, 6.07) is 11.2. The molecule has 0 aliphatic carbocycles. The number of fused-ring (bicyclic) bond motifs is 1. The van der Waals surface area contributed by atoms with Crippen molar-refractivity contribution in [2.45, 2.75) is 20.0 Å². The van der Waals surface area contributed by atoms with Crippen LogP contribution in [0.1, 0.15) is 23.0 Å². The smallest absolute Gasteiger partial charge is 0.265 e. The largest absolute Gasteiger partial charge is 0.479 e. The second-order valence-electron chi connectivity index (χ2n) is 6.42. The summed E-state index contributed by atoms with van der Waals surface area (Å²) in [7, 11) is 0. The molecular formula is C20H17FN4O3. The van der Waals surface area contributed by atoms with Crippen LogP contribution in [-0.4, -0.2) is 27.7 Å². The van der Waals surface area contributed by atoms with Gasteiger partial charge in [-0.05, 0) is 44.2 Å². The van der Waals surface area contributed by atoms with E-state index in [1.807, 2.05) is 0 Å². The second-order valence-corrected chi connectivity index (χ2v) is 6.42. The first-order valence-corrected chi connectivity index (χ1v) is 8.66. The molecule has 7 nitrogen and oxygen atoms in total. The second kappa shape index (κ2) is 6.80. The number of anilines is 2. The summed E-state index contributed by atoms with van der Waals surface area (Å²) in [6.45, 7) is 3.35. The number of hydrogen-bond donors (Lipinski definition) is 2. The Morgan fingerprint density at radius 1 is 1.29 bits per heavy atom. The molecule has 4 rings (SSSR count). The number of halogens is 1. The molecule has 2 heterocycles. The van der Waals surface area contributed by atoms with E-state index in [-0.39, 0.29) is 11.6 Å². The minimum Gasteiger partial charge on any atom is -0.479 e. The number of carbonyl (C=O) groups is 2. The SMILES string of the molecule is Cc1c(C(=O)Nc2ccc3c(c2)NC(=O)C(C)O3)cnn1-c1ccccc1F. The van der Waals surface area contributed by atoms with Crippen LogP contribution in [0.2, 0.25) is 0 Å². The van der Waals surface area contributed by atoms with E-state index in [2.05, 4.69) is 15.7 Å². The summed E-state index contributed by atoms with van der Waals surface area (Å²) in [5.41, 5.74) is 2.06. The van der Waals surface area contributed by atoms with E-state index in [0.717, 1.165) is 0 Å². The molecule has 28 heavy (non-hydrogen) atoms. The van der Waals surface area contributed by atoms with Crippen LogP contribution in [0.4, 0.5) is 15.8 Å². The first-order chi connectivity index (χ1) is 13.4. The monoisotopic (exact) mass is 380 g/mol. The van der Waals surface area contributed by atoms with E-state index in [1.54, 1.807) is 50.2 Å². The van der Waals surface area contributed by atoms with Crippen LogP contribution in [0, 0.1) is 12.7 Å². The third kappa shape index (κ3) is 3.09. The molecule has 0 spiro atoms. The van der Waals surface area contributed by atoms with E-state index in [4.69, 9.17) is 4.74 Å². The van der Waals surface area contributed by atoms with Crippen LogP contribution >= 0.6 is 0 Å².